The van der Waals surface area contributed by atoms with Crippen LogP contribution in [0.5, 0.6) is 11.5 Å². The number of rotatable bonds is 4. The van der Waals surface area contributed by atoms with Crippen LogP contribution >= 0.6 is 0 Å². The summed E-state index contributed by atoms with van der Waals surface area (Å²) in [7, 11) is 0. The maximum atomic E-state index is 6.52. The first-order valence-electron chi connectivity index (χ1n) is 11.5. The average Bonchev–Trinajstić information content (AvgIpc) is 3.15. The fourth-order valence-electron chi connectivity index (χ4n) is 7.54. The van der Waals surface area contributed by atoms with Gasteiger partial charge in [-0.3, -0.25) is 0 Å². The van der Waals surface area contributed by atoms with Crippen LogP contribution in [0.4, 0.5) is 0 Å². The van der Waals surface area contributed by atoms with E-state index in [1.165, 1.54) is 38.5 Å². The molecule has 4 fully saturated rings. The van der Waals surface area contributed by atoms with Gasteiger partial charge in [0.05, 0.1) is 0 Å². The summed E-state index contributed by atoms with van der Waals surface area (Å²) in [4.78, 5) is 0. The van der Waals surface area contributed by atoms with Gasteiger partial charge in [-0.25, -0.2) is 0 Å². The third kappa shape index (κ3) is 2.27. The van der Waals surface area contributed by atoms with Crippen LogP contribution in [0, 0.1) is 33.5 Å². The van der Waals surface area contributed by atoms with E-state index in [1.807, 2.05) is 0 Å². The maximum absolute atomic E-state index is 6.52. The van der Waals surface area contributed by atoms with E-state index in [0.29, 0.717) is 33.9 Å². The Balaban J connectivity index is 1.27. The normalized spacial score (nSPS) is 44.8. The molecule has 4 aliphatic rings. The Morgan fingerprint density at radius 3 is 1.25 bits per heavy atom. The molecule has 0 aliphatic heterocycles. The predicted molar refractivity (Wildman–Crippen MR) is 114 cm³/mol. The largest absolute Gasteiger partial charge is 0.490 e. The Morgan fingerprint density at radius 2 is 1.00 bits per heavy atom. The fraction of sp³-hybridized carbons (Fsp3) is 0.769. The van der Waals surface area contributed by atoms with E-state index in [-0.39, 0.29) is 0 Å². The van der Waals surface area contributed by atoms with Crippen molar-refractivity contribution in [1.29, 1.82) is 0 Å². The molecule has 28 heavy (non-hydrogen) atoms. The van der Waals surface area contributed by atoms with E-state index in [9.17, 15) is 0 Å². The van der Waals surface area contributed by atoms with Gasteiger partial charge in [-0.15, -0.1) is 0 Å². The first kappa shape index (κ1) is 18.8. The first-order chi connectivity index (χ1) is 13.1. The van der Waals surface area contributed by atoms with E-state index in [1.54, 1.807) is 0 Å². The Morgan fingerprint density at radius 1 is 0.643 bits per heavy atom. The molecule has 0 heterocycles. The lowest BCUT2D eigenvalue weighted by Crippen LogP contribution is -2.39. The van der Waals surface area contributed by atoms with Crippen LogP contribution in [0.3, 0.4) is 0 Å². The van der Waals surface area contributed by atoms with Gasteiger partial charge in [0.1, 0.15) is 23.7 Å². The van der Waals surface area contributed by atoms with Crippen molar-refractivity contribution in [3.8, 4) is 11.5 Å². The highest BCUT2D eigenvalue weighted by atomic mass is 16.5. The van der Waals surface area contributed by atoms with Gasteiger partial charge in [-0.1, -0.05) is 41.5 Å². The Kier molecular flexibility index (Phi) is 3.83. The van der Waals surface area contributed by atoms with Gasteiger partial charge in [0, 0.05) is 10.8 Å². The number of ether oxygens (including phenoxy) is 2. The van der Waals surface area contributed by atoms with Gasteiger partial charge in [-0.2, -0.15) is 0 Å². The van der Waals surface area contributed by atoms with E-state index < -0.39 is 0 Å². The van der Waals surface area contributed by atoms with Crippen molar-refractivity contribution < 1.29 is 9.47 Å². The van der Waals surface area contributed by atoms with E-state index in [2.05, 4.69) is 65.8 Å². The summed E-state index contributed by atoms with van der Waals surface area (Å²) in [5, 5.41) is 0. The molecule has 0 amide bonds. The molecule has 0 N–H and O–H groups in total. The minimum atomic E-state index is 0.302. The van der Waals surface area contributed by atoms with Crippen molar-refractivity contribution in [3.63, 3.8) is 0 Å². The summed E-state index contributed by atoms with van der Waals surface area (Å²) < 4.78 is 13.0. The van der Waals surface area contributed by atoms with Crippen LogP contribution < -0.4 is 9.47 Å². The molecular formula is C26H38O2. The zero-order valence-electron chi connectivity index (χ0n) is 18.7. The minimum absolute atomic E-state index is 0.302. The molecule has 1 aromatic carbocycles. The average molecular weight is 383 g/mol. The third-order valence-corrected chi connectivity index (χ3v) is 10.8. The standard InChI is InChI=1S/C26H38O2/c1-23(2)17-11-13-25(23,5)21(15-17)27-19-7-9-20(10-8-19)28-22-16-18-12-14-26(22,6)24(18,3)4/h7-10,17-18,21-22H,11-16H2,1-6H3/t17-,18+,21+,22-,25-,26-/m1/s1. The van der Waals surface area contributed by atoms with Gasteiger partial charge in [0.15, 0.2) is 0 Å². The van der Waals surface area contributed by atoms with Gasteiger partial charge in [0.2, 0.25) is 0 Å². The summed E-state index contributed by atoms with van der Waals surface area (Å²) in [6.45, 7) is 14.7. The van der Waals surface area contributed by atoms with Crippen LogP contribution in [0.25, 0.3) is 0 Å². The smallest absolute Gasteiger partial charge is 0.120 e. The zero-order chi connectivity index (χ0) is 19.9. The molecule has 5 rings (SSSR count). The summed E-state index contributed by atoms with van der Waals surface area (Å²) in [6.07, 6.45) is 8.44. The van der Waals surface area contributed by atoms with Crippen LogP contribution in [0.1, 0.15) is 80.1 Å². The summed E-state index contributed by atoms with van der Waals surface area (Å²) in [5.74, 6) is 3.63. The van der Waals surface area contributed by atoms with Gasteiger partial charge < -0.3 is 9.47 Å². The van der Waals surface area contributed by atoms with Crippen molar-refractivity contribution >= 4 is 0 Å². The number of hydrogen-bond acceptors (Lipinski definition) is 2. The summed E-state index contributed by atoms with van der Waals surface area (Å²) in [5.41, 5.74) is 1.39. The van der Waals surface area contributed by atoms with Crippen molar-refractivity contribution in [2.75, 3.05) is 0 Å². The van der Waals surface area contributed by atoms with Gasteiger partial charge in [0.25, 0.3) is 0 Å². The first-order valence-corrected chi connectivity index (χ1v) is 11.5. The SMILES string of the molecule is CC1(C)[C@@H]2CC[C@]1(C)[C@@H](Oc1ccc(O[C@@H]3C[C@@H]4CC[C@@]3(C)C4(C)C)cc1)C2. The lowest BCUT2D eigenvalue weighted by Gasteiger charge is -2.39. The lowest BCUT2D eigenvalue weighted by molar-refractivity contribution is 0.0278. The van der Waals surface area contributed by atoms with Crippen LogP contribution in [0.15, 0.2) is 24.3 Å². The predicted octanol–water partition coefficient (Wildman–Crippen LogP) is 6.87. The molecule has 0 unspecified atom stereocenters. The third-order valence-electron chi connectivity index (χ3n) is 10.8. The van der Waals surface area contributed by atoms with Crippen molar-refractivity contribution in [2.45, 2.75) is 92.3 Å². The Labute approximate surface area is 171 Å². The van der Waals surface area contributed by atoms with Crippen molar-refractivity contribution in [2.24, 2.45) is 33.5 Å². The monoisotopic (exact) mass is 382 g/mol. The zero-order valence-corrected chi connectivity index (χ0v) is 18.7. The number of benzene rings is 1. The summed E-state index contributed by atoms with van der Waals surface area (Å²) in [6, 6.07) is 8.49. The van der Waals surface area contributed by atoms with E-state index in [4.69, 9.17) is 9.47 Å². The maximum Gasteiger partial charge on any atom is 0.120 e. The quantitative estimate of drug-likeness (QED) is 0.565. The van der Waals surface area contributed by atoms with Gasteiger partial charge >= 0.3 is 0 Å². The molecule has 0 radical (unpaired) electrons. The second kappa shape index (κ2) is 5.70. The Hall–Kier alpha value is -1.18. The highest BCUT2D eigenvalue weighted by molar-refractivity contribution is 5.32. The second-order valence-electron chi connectivity index (χ2n) is 11.9. The number of hydrogen-bond donors (Lipinski definition) is 0. The van der Waals surface area contributed by atoms with Crippen molar-refractivity contribution in [1.82, 2.24) is 0 Å². The molecule has 154 valence electrons. The molecular weight excluding hydrogens is 344 g/mol. The van der Waals surface area contributed by atoms with Crippen LogP contribution in [-0.4, -0.2) is 12.2 Å². The molecule has 2 nitrogen and oxygen atoms in total. The van der Waals surface area contributed by atoms with Crippen molar-refractivity contribution in [3.05, 3.63) is 24.3 Å². The van der Waals surface area contributed by atoms with Crippen LogP contribution in [-0.2, 0) is 0 Å². The Bertz CT molecular complexity index is 698. The molecule has 6 atom stereocenters. The molecule has 0 saturated heterocycles. The van der Waals surface area contributed by atoms with E-state index >= 15 is 0 Å². The fourth-order valence-corrected chi connectivity index (χ4v) is 7.54. The highest BCUT2D eigenvalue weighted by Crippen LogP contribution is 2.67. The number of fused-ring (bicyclic) bond motifs is 4. The molecule has 0 spiro atoms. The molecule has 4 aliphatic carbocycles. The molecule has 2 heteroatoms. The molecule has 0 aromatic heterocycles. The molecule has 4 bridgehead atoms. The van der Waals surface area contributed by atoms with Crippen LogP contribution in [0.2, 0.25) is 0 Å². The van der Waals surface area contributed by atoms with Gasteiger partial charge in [-0.05, 0) is 85.5 Å². The minimum Gasteiger partial charge on any atom is -0.490 e. The molecule has 4 saturated carbocycles. The second-order valence-corrected chi connectivity index (χ2v) is 11.9. The summed E-state index contributed by atoms with van der Waals surface area (Å²) >= 11 is 0. The lowest BCUT2D eigenvalue weighted by atomic mass is 9.70. The van der Waals surface area contributed by atoms with E-state index in [0.717, 1.165) is 23.3 Å². The topological polar surface area (TPSA) is 18.5 Å². The highest BCUT2D eigenvalue weighted by Gasteiger charge is 2.63. The molecule has 1 aromatic rings.